The smallest absolute Gasteiger partial charge is 0.338 e. The number of hydrogen-bond donors (Lipinski definition) is 1. The quantitative estimate of drug-likeness (QED) is 0.809. The second-order valence-corrected chi connectivity index (χ2v) is 6.03. The van der Waals surface area contributed by atoms with Crippen LogP contribution in [0.5, 0.6) is 5.75 Å². The van der Waals surface area contributed by atoms with Crippen molar-refractivity contribution in [3.8, 4) is 11.8 Å². The van der Waals surface area contributed by atoms with Crippen molar-refractivity contribution in [1.82, 2.24) is 5.32 Å². The Balaban J connectivity index is 1.56. The Hall–Kier alpha value is -3.33. The van der Waals surface area contributed by atoms with Crippen LogP contribution in [0.1, 0.15) is 34.3 Å². The lowest BCUT2D eigenvalue weighted by molar-refractivity contribution is -0.119. The predicted octanol–water partition coefficient (Wildman–Crippen LogP) is 2.57. The Morgan fingerprint density at radius 2 is 2.08 bits per heavy atom. The molecule has 0 saturated carbocycles. The summed E-state index contributed by atoms with van der Waals surface area (Å²) in [5.41, 5.74) is 1.77. The number of amides is 1. The molecule has 2 aromatic carbocycles. The second-order valence-electron chi connectivity index (χ2n) is 6.03. The molecule has 1 saturated heterocycles. The summed E-state index contributed by atoms with van der Waals surface area (Å²) in [4.78, 5) is 23.3. The number of benzene rings is 2. The summed E-state index contributed by atoms with van der Waals surface area (Å²) >= 11 is 0. The van der Waals surface area contributed by atoms with Gasteiger partial charge in [-0.2, -0.15) is 5.26 Å². The lowest BCUT2D eigenvalue weighted by Crippen LogP contribution is -2.30. The third-order valence-corrected chi connectivity index (χ3v) is 4.03. The largest absolute Gasteiger partial charge is 0.489 e. The van der Waals surface area contributed by atoms with Gasteiger partial charge in [-0.1, -0.05) is 18.2 Å². The summed E-state index contributed by atoms with van der Waals surface area (Å²) in [6, 6.07) is 15.8. The molecule has 0 spiro atoms. The zero-order chi connectivity index (χ0) is 18.4. The molecule has 1 aliphatic rings. The molecular formula is C20H18N2O4. The molecule has 3 rings (SSSR count). The van der Waals surface area contributed by atoms with Gasteiger partial charge in [-0.3, -0.25) is 4.79 Å². The Morgan fingerprint density at radius 3 is 2.85 bits per heavy atom. The number of ether oxygens (including phenoxy) is 2. The highest BCUT2D eigenvalue weighted by molar-refractivity contribution is 5.89. The highest BCUT2D eigenvalue weighted by Gasteiger charge is 2.22. The molecule has 1 aliphatic heterocycles. The molecule has 0 aliphatic carbocycles. The van der Waals surface area contributed by atoms with Crippen molar-refractivity contribution in [2.24, 2.45) is 0 Å². The molecule has 26 heavy (non-hydrogen) atoms. The van der Waals surface area contributed by atoms with Crippen LogP contribution in [0.4, 0.5) is 0 Å². The molecule has 6 nitrogen and oxygen atoms in total. The molecule has 0 aromatic heterocycles. The molecule has 2 aromatic rings. The van der Waals surface area contributed by atoms with Crippen LogP contribution in [0.25, 0.3) is 0 Å². The fourth-order valence-corrected chi connectivity index (χ4v) is 2.67. The zero-order valence-corrected chi connectivity index (χ0v) is 14.1. The van der Waals surface area contributed by atoms with Crippen LogP contribution in [0.15, 0.2) is 48.5 Å². The van der Waals surface area contributed by atoms with Gasteiger partial charge >= 0.3 is 5.97 Å². The van der Waals surface area contributed by atoms with Crippen LogP contribution >= 0.6 is 0 Å². The van der Waals surface area contributed by atoms with Gasteiger partial charge in [-0.05, 0) is 42.3 Å². The third kappa shape index (κ3) is 4.61. The molecule has 1 amide bonds. The second kappa shape index (κ2) is 8.17. The maximum Gasteiger partial charge on any atom is 0.338 e. The molecular weight excluding hydrogens is 332 g/mol. The van der Waals surface area contributed by atoms with Crippen LogP contribution in [0.3, 0.4) is 0 Å². The van der Waals surface area contributed by atoms with E-state index >= 15 is 0 Å². The van der Waals surface area contributed by atoms with E-state index in [4.69, 9.17) is 14.7 Å². The van der Waals surface area contributed by atoms with Crippen molar-refractivity contribution >= 4 is 11.9 Å². The third-order valence-electron chi connectivity index (χ3n) is 4.03. The summed E-state index contributed by atoms with van der Waals surface area (Å²) in [5, 5.41) is 11.7. The van der Waals surface area contributed by atoms with E-state index in [9.17, 15) is 9.59 Å². The number of esters is 1. The topological polar surface area (TPSA) is 88.4 Å². The van der Waals surface area contributed by atoms with Gasteiger partial charge in [0.05, 0.1) is 23.2 Å². The van der Waals surface area contributed by atoms with Crippen molar-refractivity contribution < 1.29 is 19.1 Å². The van der Waals surface area contributed by atoms with E-state index in [0.717, 1.165) is 5.56 Å². The van der Waals surface area contributed by atoms with E-state index in [2.05, 4.69) is 11.4 Å². The minimum absolute atomic E-state index is 0.00865. The summed E-state index contributed by atoms with van der Waals surface area (Å²) in [5.74, 6) is 0.152. The van der Waals surface area contributed by atoms with E-state index < -0.39 is 5.97 Å². The molecule has 6 heteroatoms. The van der Waals surface area contributed by atoms with Crippen LogP contribution in [0.2, 0.25) is 0 Å². The molecule has 1 N–H and O–H groups in total. The summed E-state index contributed by atoms with van der Waals surface area (Å²) < 4.78 is 10.9. The van der Waals surface area contributed by atoms with Gasteiger partial charge in [0.2, 0.25) is 5.91 Å². The molecule has 1 fully saturated rings. The lowest BCUT2D eigenvalue weighted by Gasteiger charge is -2.11. The van der Waals surface area contributed by atoms with Crippen molar-refractivity contribution in [2.75, 3.05) is 6.61 Å². The lowest BCUT2D eigenvalue weighted by atomic mass is 10.1. The minimum Gasteiger partial charge on any atom is -0.489 e. The molecule has 0 unspecified atom stereocenters. The van der Waals surface area contributed by atoms with Gasteiger partial charge in [-0.25, -0.2) is 4.79 Å². The monoisotopic (exact) mass is 350 g/mol. The van der Waals surface area contributed by atoms with Gasteiger partial charge in [-0.15, -0.1) is 0 Å². The maximum atomic E-state index is 12.2. The number of nitriles is 1. The predicted molar refractivity (Wildman–Crippen MR) is 93.4 cm³/mol. The van der Waals surface area contributed by atoms with E-state index in [-0.39, 0.29) is 25.2 Å². The Labute approximate surface area is 151 Å². The van der Waals surface area contributed by atoms with Gasteiger partial charge in [0.25, 0.3) is 0 Å². The standard InChI is InChI=1S/C20H18N2O4/c21-11-14-3-2-6-18(10-14)25-12-15-4-1-5-16(9-15)20(24)26-13-17-7-8-19(23)22-17/h1-6,9-10,17H,7-8,12-13H2,(H,22,23)/t17-/m0/s1. The van der Waals surface area contributed by atoms with Crippen LogP contribution in [0, 0.1) is 11.3 Å². The van der Waals surface area contributed by atoms with E-state index in [1.165, 1.54) is 0 Å². The average molecular weight is 350 g/mol. The minimum atomic E-state index is -0.431. The number of carbonyl (C=O) groups excluding carboxylic acids is 2. The Bertz CT molecular complexity index is 857. The first-order valence-corrected chi connectivity index (χ1v) is 8.32. The number of nitrogens with one attached hydrogen (secondary N) is 1. The van der Waals surface area contributed by atoms with Gasteiger partial charge < -0.3 is 14.8 Å². The molecule has 132 valence electrons. The van der Waals surface area contributed by atoms with Crippen LogP contribution in [-0.4, -0.2) is 24.5 Å². The fourth-order valence-electron chi connectivity index (χ4n) is 2.67. The zero-order valence-electron chi connectivity index (χ0n) is 14.1. The maximum absolute atomic E-state index is 12.2. The molecule has 0 radical (unpaired) electrons. The summed E-state index contributed by atoms with van der Waals surface area (Å²) in [7, 11) is 0. The highest BCUT2D eigenvalue weighted by Crippen LogP contribution is 2.16. The molecule has 0 bridgehead atoms. The first-order chi connectivity index (χ1) is 12.6. The average Bonchev–Trinajstić information content (AvgIpc) is 3.10. The normalized spacial score (nSPS) is 15.8. The van der Waals surface area contributed by atoms with Gasteiger partial charge in [0.1, 0.15) is 19.0 Å². The van der Waals surface area contributed by atoms with Crippen LogP contribution in [-0.2, 0) is 16.1 Å². The number of carbonyl (C=O) groups is 2. The van der Waals surface area contributed by atoms with E-state index in [0.29, 0.717) is 29.7 Å². The van der Waals surface area contributed by atoms with E-state index in [1.807, 2.05) is 6.07 Å². The van der Waals surface area contributed by atoms with Gasteiger partial charge in [0, 0.05) is 6.42 Å². The Kier molecular flexibility index (Phi) is 5.49. The summed E-state index contributed by atoms with van der Waals surface area (Å²) in [6.45, 7) is 0.445. The van der Waals surface area contributed by atoms with E-state index in [1.54, 1.807) is 42.5 Å². The molecule has 1 heterocycles. The fraction of sp³-hybridized carbons (Fsp3) is 0.250. The van der Waals surface area contributed by atoms with Crippen LogP contribution < -0.4 is 10.1 Å². The van der Waals surface area contributed by atoms with Gasteiger partial charge in [0.15, 0.2) is 0 Å². The van der Waals surface area contributed by atoms with Crippen molar-refractivity contribution in [3.63, 3.8) is 0 Å². The Morgan fingerprint density at radius 1 is 1.23 bits per heavy atom. The first kappa shape index (κ1) is 17.5. The highest BCUT2D eigenvalue weighted by atomic mass is 16.5. The van der Waals surface area contributed by atoms with Crippen molar-refractivity contribution in [2.45, 2.75) is 25.5 Å². The van der Waals surface area contributed by atoms with Crippen molar-refractivity contribution in [3.05, 3.63) is 65.2 Å². The summed E-state index contributed by atoms with van der Waals surface area (Å²) in [6.07, 6.45) is 1.16. The molecule has 1 atom stereocenters. The number of hydrogen-bond acceptors (Lipinski definition) is 5. The number of nitrogens with zero attached hydrogens (tertiary/aromatic N) is 1. The first-order valence-electron chi connectivity index (χ1n) is 8.32. The van der Waals surface area contributed by atoms with Crippen molar-refractivity contribution in [1.29, 1.82) is 5.26 Å². The SMILES string of the molecule is N#Cc1cccc(OCc2cccc(C(=O)OC[C@@H]3CCC(=O)N3)c2)c1. The number of rotatable bonds is 6.